The molecule has 1 rings (SSSR count). The molecule has 0 fully saturated rings. The van der Waals surface area contributed by atoms with Gasteiger partial charge in [-0.3, -0.25) is 0 Å². The highest BCUT2D eigenvalue weighted by Gasteiger charge is 2.36. The minimum Gasteiger partial charge on any atom is -0.509 e. The van der Waals surface area contributed by atoms with Crippen molar-refractivity contribution < 1.29 is 19.7 Å². The second-order valence-electron chi connectivity index (χ2n) is 3.44. The van der Waals surface area contributed by atoms with Gasteiger partial charge < -0.3 is 19.7 Å². The van der Waals surface area contributed by atoms with Gasteiger partial charge in [-0.05, 0) is 25.0 Å². The Kier molecular flexibility index (Phi) is 3.88. The van der Waals surface area contributed by atoms with E-state index in [0.717, 1.165) is 0 Å². The van der Waals surface area contributed by atoms with Crippen LogP contribution >= 0.6 is 0 Å². The molecule has 0 radical (unpaired) electrons. The fourth-order valence-corrected chi connectivity index (χ4v) is 1.76. The van der Waals surface area contributed by atoms with Gasteiger partial charge in [-0.15, -0.1) is 0 Å². The third kappa shape index (κ3) is 2.45. The molecule has 0 saturated carbocycles. The molecule has 2 atom stereocenters. The summed E-state index contributed by atoms with van der Waals surface area (Å²) in [5, 5.41) is 28.7. The van der Waals surface area contributed by atoms with Gasteiger partial charge in [0.2, 0.25) is 0 Å². The third-order valence-corrected chi connectivity index (χ3v) is 2.74. The molecular formula is C9H16O4Si. The Morgan fingerprint density at radius 3 is 2.93 bits per heavy atom. The van der Waals surface area contributed by atoms with Gasteiger partial charge in [0.1, 0.15) is 28.0 Å². The van der Waals surface area contributed by atoms with Gasteiger partial charge in [-0.2, -0.15) is 0 Å². The number of hydrogen-bond donors (Lipinski definition) is 3. The Labute approximate surface area is 86.1 Å². The van der Waals surface area contributed by atoms with Crippen LogP contribution in [0.1, 0.15) is 12.8 Å². The number of rotatable bonds is 4. The van der Waals surface area contributed by atoms with E-state index in [1.807, 2.05) is 0 Å². The summed E-state index contributed by atoms with van der Waals surface area (Å²) in [6.07, 6.45) is 4.25. The van der Waals surface area contributed by atoms with Gasteiger partial charge in [-0.25, -0.2) is 0 Å². The topological polar surface area (TPSA) is 69.9 Å². The maximum Gasteiger partial charge on any atom is 0.145 e. The summed E-state index contributed by atoms with van der Waals surface area (Å²) < 4.78 is 4.98. The number of aliphatic hydroxyl groups excluding tert-OH is 2. The molecule has 2 unspecified atom stereocenters. The van der Waals surface area contributed by atoms with Gasteiger partial charge in [0.15, 0.2) is 0 Å². The molecule has 0 spiro atoms. The summed E-state index contributed by atoms with van der Waals surface area (Å²) in [5.74, 6) is -0.193. The highest BCUT2D eigenvalue weighted by Crippen LogP contribution is 2.26. The largest absolute Gasteiger partial charge is 0.509 e. The van der Waals surface area contributed by atoms with E-state index < -0.39 is 11.7 Å². The van der Waals surface area contributed by atoms with Crippen molar-refractivity contribution in [3.63, 3.8) is 0 Å². The van der Waals surface area contributed by atoms with Crippen LogP contribution < -0.4 is 0 Å². The molecular weight excluding hydrogens is 200 g/mol. The molecule has 0 aromatic heterocycles. The lowest BCUT2D eigenvalue weighted by Gasteiger charge is -2.31. The fraction of sp³-hybridized carbons (Fsp3) is 0.556. The van der Waals surface area contributed by atoms with Crippen LogP contribution in [0.2, 0.25) is 0 Å². The van der Waals surface area contributed by atoms with Crippen LogP contribution in [0.3, 0.4) is 0 Å². The average Bonchev–Trinajstić information content (AvgIpc) is 2.15. The summed E-state index contributed by atoms with van der Waals surface area (Å²) in [5.41, 5.74) is -1.35. The van der Waals surface area contributed by atoms with Crippen molar-refractivity contribution in [3.05, 3.63) is 24.0 Å². The van der Waals surface area contributed by atoms with E-state index in [2.05, 4.69) is 0 Å². The molecule has 80 valence electrons. The van der Waals surface area contributed by atoms with Crippen molar-refractivity contribution in [2.45, 2.75) is 24.5 Å². The van der Waals surface area contributed by atoms with E-state index in [1.165, 1.54) is 12.2 Å². The first-order valence-electron chi connectivity index (χ1n) is 4.58. The summed E-state index contributed by atoms with van der Waals surface area (Å²) in [7, 11) is 0.676. The Bertz CT molecular complexity index is 251. The predicted octanol–water partition coefficient (Wildman–Crippen LogP) is -0.833. The molecule has 0 amide bonds. The highest BCUT2D eigenvalue weighted by atomic mass is 28.2. The van der Waals surface area contributed by atoms with Crippen molar-refractivity contribution >= 4 is 10.5 Å². The van der Waals surface area contributed by atoms with Crippen LogP contribution in [0, 0.1) is 0 Å². The summed E-state index contributed by atoms with van der Waals surface area (Å²) in [4.78, 5) is 0. The quantitative estimate of drug-likeness (QED) is 0.424. The van der Waals surface area contributed by atoms with E-state index in [0.29, 0.717) is 29.9 Å². The van der Waals surface area contributed by atoms with Crippen LogP contribution in [0.4, 0.5) is 0 Å². The molecule has 3 N–H and O–H groups in total. The Morgan fingerprint density at radius 1 is 1.57 bits per heavy atom. The van der Waals surface area contributed by atoms with Crippen molar-refractivity contribution in [2.24, 2.45) is 0 Å². The Balaban J connectivity index is 2.56. The maximum absolute atomic E-state index is 9.95. The van der Waals surface area contributed by atoms with Crippen LogP contribution in [0.15, 0.2) is 24.0 Å². The zero-order chi connectivity index (χ0) is 10.6. The molecule has 4 nitrogen and oxygen atoms in total. The van der Waals surface area contributed by atoms with Gasteiger partial charge in [0.25, 0.3) is 0 Å². The first-order valence-corrected chi connectivity index (χ1v) is 5.39. The van der Waals surface area contributed by atoms with E-state index in [1.54, 1.807) is 6.08 Å². The molecule has 14 heavy (non-hydrogen) atoms. The van der Waals surface area contributed by atoms with Crippen LogP contribution in [-0.4, -0.2) is 44.1 Å². The Morgan fingerprint density at radius 2 is 2.29 bits per heavy atom. The lowest BCUT2D eigenvalue weighted by atomic mass is 9.87. The van der Waals surface area contributed by atoms with Crippen molar-refractivity contribution in [1.29, 1.82) is 0 Å². The smallest absolute Gasteiger partial charge is 0.145 e. The fourth-order valence-electron chi connectivity index (χ4n) is 1.47. The van der Waals surface area contributed by atoms with E-state index in [4.69, 9.17) is 4.43 Å². The molecule has 0 aliphatic heterocycles. The SMILES string of the molecule is OC1=CC=CC(O)(CCCO[SiH3])C1O. The second kappa shape index (κ2) is 4.74. The van der Waals surface area contributed by atoms with Gasteiger partial charge in [0.05, 0.1) is 0 Å². The summed E-state index contributed by atoms with van der Waals surface area (Å²) in [6, 6.07) is 0. The van der Waals surface area contributed by atoms with E-state index in [-0.39, 0.29) is 5.76 Å². The minimum atomic E-state index is -1.35. The first kappa shape index (κ1) is 11.5. The Hall–Kier alpha value is -0.623. The number of allylic oxidation sites excluding steroid dienone is 2. The maximum atomic E-state index is 9.95. The van der Waals surface area contributed by atoms with E-state index >= 15 is 0 Å². The molecule has 0 aromatic carbocycles. The molecule has 0 saturated heterocycles. The summed E-state index contributed by atoms with van der Waals surface area (Å²) >= 11 is 0. The van der Waals surface area contributed by atoms with Crippen molar-refractivity contribution in [1.82, 2.24) is 0 Å². The minimum absolute atomic E-state index is 0.193. The third-order valence-electron chi connectivity index (χ3n) is 2.33. The zero-order valence-electron chi connectivity index (χ0n) is 8.18. The molecule has 5 heteroatoms. The molecule has 1 aliphatic rings. The molecule has 0 bridgehead atoms. The average molecular weight is 216 g/mol. The predicted molar refractivity (Wildman–Crippen MR) is 55.9 cm³/mol. The monoisotopic (exact) mass is 216 g/mol. The normalized spacial score (nSPS) is 31.9. The summed E-state index contributed by atoms with van der Waals surface area (Å²) in [6.45, 7) is 0.583. The van der Waals surface area contributed by atoms with Gasteiger partial charge in [-0.1, -0.05) is 6.08 Å². The number of hydrogen-bond acceptors (Lipinski definition) is 4. The lowest BCUT2D eigenvalue weighted by molar-refractivity contribution is -0.0471. The molecule has 0 heterocycles. The zero-order valence-corrected chi connectivity index (χ0v) is 10.2. The first-order chi connectivity index (χ1) is 6.60. The van der Waals surface area contributed by atoms with Crippen LogP contribution in [0.5, 0.6) is 0 Å². The van der Waals surface area contributed by atoms with Crippen LogP contribution in [0.25, 0.3) is 0 Å². The highest BCUT2D eigenvalue weighted by molar-refractivity contribution is 5.97. The molecule has 1 aliphatic carbocycles. The standard InChI is InChI=1S/C9H16O4Si/c10-7-3-1-4-9(12,8(7)11)5-2-6-13-14/h1,3-4,8,10-12H,2,5-6H2,14H3. The lowest BCUT2D eigenvalue weighted by Crippen LogP contribution is -2.43. The van der Waals surface area contributed by atoms with Gasteiger partial charge >= 0.3 is 0 Å². The van der Waals surface area contributed by atoms with Gasteiger partial charge in [0, 0.05) is 6.61 Å². The number of aliphatic hydroxyl groups is 3. The van der Waals surface area contributed by atoms with E-state index in [9.17, 15) is 15.3 Å². The van der Waals surface area contributed by atoms with Crippen molar-refractivity contribution in [2.75, 3.05) is 6.61 Å². The van der Waals surface area contributed by atoms with Crippen LogP contribution in [-0.2, 0) is 4.43 Å². The molecule has 0 aromatic rings. The van der Waals surface area contributed by atoms with Crippen molar-refractivity contribution in [3.8, 4) is 0 Å². The second-order valence-corrected chi connectivity index (χ2v) is 4.02.